The monoisotopic (exact) mass is 419 g/mol. The lowest BCUT2D eigenvalue weighted by Gasteiger charge is -2.46. The van der Waals surface area contributed by atoms with Gasteiger partial charge in [-0.15, -0.1) is 0 Å². The van der Waals surface area contributed by atoms with Crippen molar-refractivity contribution in [3.63, 3.8) is 0 Å². The maximum atomic E-state index is 2.84. The molecule has 1 unspecified atom stereocenters. The molecule has 3 nitrogen and oxygen atoms in total. The molecule has 3 fully saturated rings. The van der Waals surface area contributed by atoms with Crippen molar-refractivity contribution in [1.29, 1.82) is 0 Å². The fourth-order valence-electron chi connectivity index (χ4n) is 6.70. The maximum Gasteiger partial charge on any atom is 0.0156 e. The van der Waals surface area contributed by atoms with Crippen molar-refractivity contribution in [3.05, 3.63) is 0 Å². The van der Waals surface area contributed by atoms with Crippen molar-refractivity contribution >= 4 is 0 Å². The second kappa shape index (κ2) is 9.79. The third-order valence-electron chi connectivity index (χ3n) is 8.74. The average Bonchev–Trinajstić information content (AvgIpc) is 2.94. The highest BCUT2D eigenvalue weighted by Gasteiger charge is 2.38. The van der Waals surface area contributed by atoms with Gasteiger partial charge >= 0.3 is 0 Å². The molecule has 0 radical (unpaired) electrons. The van der Waals surface area contributed by atoms with Crippen LogP contribution in [0.25, 0.3) is 0 Å². The lowest BCUT2D eigenvalue weighted by atomic mass is 9.81. The Kier molecular flexibility index (Phi) is 8.00. The summed E-state index contributed by atoms with van der Waals surface area (Å²) >= 11 is 0. The van der Waals surface area contributed by atoms with Crippen molar-refractivity contribution in [2.24, 2.45) is 11.8 Å². The standard InChI is InChI=1S/C27H53N3/c1-25(2,3)30-19-14-24(22-30)21-27(6,7)29-17-12-23(13-18-29)20-26(4,5)28-15-10-8-9-11-16-28/h23-24H,8-22H2,1-7H3. The van der Waals surface area contributed by atoms with E-state index in [9.17, 15) is 0 Å². The van der Waals surface area contributed by atoms with E-state index in [-0.39, 0.29) is 0 Å². The molecule has 3 aliphatic rings. The summed E-state index contributed by atoms with van der Waals surface area (Å²) < 4.78 is 0. The first kappa shape index (κ1) is 24.5. The Balaban J connectivity index is 1.46. The van der Waals surface area contributed by atoms with Crippen molar-refractivity contribution < 1.29 is 0 Å². The van der Waals surface area contributed by atoms with E-state index in [0.717, 1.165) is 11.8 Å². The smallest absolute Gasteiger partial charge is 0.0156 e. The molecule has 30 heavy (non-hydrogen) atoms. The molecule has 3 heteroatoms. The van der Waals surface area contributed by atoms with Gasteiger partial charge in [0.2, 0.25) is 0 Å². The van der Waals surface area contributed by atoms with Crippen LogP contribution in [0.15, 0.2) is 0 Å². The molecule has 3 aliphatic heterocycles. The minimum atomic E-state index is 0.331. The lowest BCUT2D eigenvalue weighted by Crippen LogP contribution is -2.51. The van der Waals surface area contributed by atoms with Gasteiger partial charge in [-0.25, -0.2) is 0 Å². The molecule has 3 rings (SSSR count). The molecule has 0 aromatic carbocycles. The molecule has 0 N–H and O–H groups in total. The van der Waals surface area contributed by atoms with Gasteiger partial charge in [-0.2, -0.15) is 0 Å². The number of likely N-dealkylation sites (tertiary alicyclic amines) is 3. The molecular weight excluding hydrogens is 366 g/mol. The molecule has 0 aromatic rings. The van der Waals surface area contributed by atoms with Crippen molar-refractivity contribution in [2.75, 3.05) is 39.3 Å². The zero-order chi connectivity index (χ0) is 22.0. The molecule has 0 spiro atoms. The zero-order valence-corrected chi connectivity index (χ0v) is 21.6. The topological polar surface area (TPSA) is 9.72 Å². The lowest BCUT2D eigenvalue weighted by molar-refractivity contribution is 0.0333. The highest BCUT2D eigenvalue weighted by atomic mass is 15.2. The van der Waals surface area contributed by atoms with Crippen molar-refractivity contribution in [2.45, 2.75) is 123 Å². The normalized spacial score (nSPS) is 27.5. The minimum Gasteiger partial charge on any atom is -0.298 e. The Morgan fingerprint density at radius 1 is 0.533 bits per heavy atom. The Morgan fingerprint density at radius 3 is 1.47 bits per heavy atom. The maximum absolute atomic E-state index is 2.84. The van der Waals surface area contributed by atoms with Crippen molar-refractivity contribution in [1.82, 2.24) is 14.7 Å². The predicted octanol–water partition coefficient (Wildman–Crippen LogP) is 6.03. The molecule has 0 saturated carbocycles. The van der Waals surface area contributed by atoms with Crippen molar-refractivity contribution in [3.8, 4) is 0 Å². The van der Waals surface area contributed by atoms with E-state index in [1.54, 1.807) is 0 Å². The Labute approximate surface area is 188 Å². The number of hydrogen-bond acceptors (Lipinski definition) is 3. The highest BCUT2D eigenvalue weighted by molar-refractivity contribution is 4.93. The molecule has 0 aliphatic carbocycles. The predicted molar refractivity (Wildman–Crippen MR) is 131 cm³/mol. The molecule has 3 saturated heterocycles. The third-order valence-corrected chi connectivity index (χ3v) is 8.74. The van der Waals surface area contributed by atoms with Crippen LogP contribution in [0, 0.1) is 11.8 Å². The molecule has 176 valence electrons. The van der Waals surface area contributed by atoms with Crippen LogP contribution < -0.4 is 0 Å². The number of piperidine rings is 1. The third kappa shape index (κ3) is 6.45. The zero-order valence-electron chi connectivity index (χ0n) is 21.6. The fraction of sp³-hybridized carbons (Fsp3) is 1.00. The van der Waals surface area contributed by atoms with Gasteiger partial charge < -0.3 is 0 Å². The minimum absolute atomic E-state index is 0.331. The van der Waals surface area contributed by atoms with Gasteiger partial charge in [-0.3, -0.25) is 14.7 Å². The van der Waals surface area contributed by atoms with Crippen LogP contribution in [0.3, 0.4) is 0 Å². The Hall–Kier alpha value is -0.120. The van der Waals surface area contributed by atoms with E-state index in [0.29, 0.717) is 16.6 Å². The number of rotatable bonds is 6. The van der Waals surface area contributed by atoms with E-state index in [2.05, 4.69) is 63.2 Å². The first-order valence-electron chi connectivity index (χ1n) is 13.2. The molecule has 0 bridgehead atoms. The first-order valence-corrected chi connectivity index (χ1v) is 13.2. The van der Waals surface area contributed by atoms with Gasteiger partial charge in [0.05, 0.1) is 0 Å². The summed E-state index contributed by atoms with van der Waals surface area (Å²) in [6, 6.07) is 0. The summed E-state index contributed by atoms with van der Waals surface area (Å²) in [5.41, 5.74) is 1.06. The second-order valence-electron chi connectivity index (χ2n) is 13.1. The second-order valence-corrected chi connectivity index (χ2v) is 13.1. The highest BCUT2D eigenvalue weighted by Crippen LogP contribution is 2.36. The Morgan fingerprint density at radius 2 is 0.967 bits per heavy atom. The van der Waals surface area contributed by atoms with E-state index >= 15 is 0 Å². The van der Waals surface area contributed by atoms with Crippen LogP contribution in [0.5, 0.6) is 0 Å². The van der Waals surface area contributed by atoms with Gasteiger partial charge in [0, 0.05) is 23.2 Å². The summed E-state index contributed by atoms with van der Waals surface area (Å²) in [7, 11) is 0. The van der Waals surface area contributed by atoms with Gasteiger partial charge in [0.15, 0.2) is 0 Å². The SMILES string of the molecule is CC(C)(C)N1CCC(CC(C)(C)N2CCC(CC(C)(C)N3CCCCCC3)CC2)C1. The Bertz CT molecular complexity index is 517. The molecule has 0 aromatic heterocycles. The summed E-state index contributed by atoms with van der Waals surface area (Å²) in [6.45, 7) is 25.1. The van der Waals surface area contributed by atoms with Gasteiger partial charge in [0.25, 0.3) is 0 Å². The average molecular weight is 420 g/mol. The molecule has 0 amide bonds. The quantitative estimate of drug-likeness (QED) is 0.520. The molecular formula is C27H53N3. The summed E-state index contributed by atoms with van der Waals surface area (Å²) in [4.78, 5) is 8.35. The largest absolute Gasteiger partial charge is 0.298 e. The first-order chi connectivity index (χ1) is 14.0. The molecule has 1 atom stereocenters. The van der Waals surface area contributed by atoms with Crippen LogP contribution in [0.2, 0.25) is 0 Å². The van der Waals surface area contributed by atoms with Crippen LogP contribution in [-0.4, -0.2) is 70.6 Å². The van der Waals surface area contributed by atoms with Crippen LogP contribution >= 0.6 is 0 Å². The van der Waals surface area contributed by atoms with E-state index < -0.39 is 0 Å². The summed E-state index contributed by atoms with van der Waals surface area (Å²) in [6.07, 6.45) is 12.6. The number of nitrogens with zero attached hydrogens (tertiary/aromatic N) is 3. The van der Waals surface area contributed by atoms with Gasteiger partial charge in [0.1, 0.15) is 0 Å². The summed E-state index contributed by atoms with van der Waals surface area (Å²) in [5, 5.41) is 0. The van der Waals surface area contributed by atoms with Crippen LogP contribution in [-0.2, 0) is 0 Å². The molecule has 3 heterocycles. The van der Waals surface area contributed by atoms with Gasteiger partial charge in [-0.05, 0) is 138 Å². The van der Waals surface area contributed by atoms with Gasteiger partial charge in [-0.1, -0.05) is 12.8 Å². The fourth-order valence-corrected chi connectivity index (χ4v) is 6.70. The van der Waals surface area contributed by atoms with Crippen LogP contribution in [0.1, 0.15) is 106 Å². The number of hydrogen-bond donors (Lipinski definition) is 0. The van der Waals surface area contributed by atoms with E-state index in [1.807, 2.05) is 0 Å². The summed E-state index contributed by atoms with van der Waals surface area (Å²) in [5.74, 6) is 1.79. The van der Waals surface area contributed by atoms with E-state index in [1.165, 1.54) is 97.1 Å². The van der Waals surface area contributed by atoms with Crippen LogP contribution in [0.4, 0.5) is 0 Å². The van der Waals surface area contributed by atoms with E-state index in [4.69, 9.17) is 0 Å².